The van der Waals surface area contributed by atoms with Crippen LogP contribution in [0.2, 0.25) is 5.02 Å². The number of para-hydroxylation sites is 1. The first-order valence-corrected chi connectivity index (χ1v) is 13.2. The number of carbonyl (C=O) groups is 1. The van der Waals surface area contributed by atoms with Crippen molar-refractivity contribution in [2.45, 2.75) is 19.6 Å². The largest absolute Gasteiger partial charge is 0.497 e. The number of piperazine rings is 1. The van der Waals surface area contributed by atoms with E-state index in [9.17, 15) is 4.79 Å². The van der Waals surface area contributed by atoms with Crippen LogP contribution in [0.5, 0.6) is 5.75 Å². The summed E-state index contributed by atoms with van der Waals surface area (Å²) in [7, 11) is 1.68. The monoisotopic (exact) mass is 529 g/mol. The first-order chi connectivity index (χ1) is 18.6. The molecule has 1 saturated heterocycles. The molecule has 0 N–H and O–H groups in total. The molecule has 1 aliphatic rings. The summed E-state index contributed by atoms with van der Waals surface area (Å²) in [6, 6.07) is 30.0. The third-order valence-corrected chi connectivity index (χ3v) is 7.12. The van der Waals surface area contributed by atoms with Crippen molar-refractivity contribution in [3.63, 3.8) is 0 Å². The smallest absolute Gasteiger partial charge is 0.289 e. The minimum absolute atomic E-state index is 0.0718. The van der Waals surface area contributed by atoms with E-state index < -0.39 is 0 Å². The molecule has 0 unspecified atom stereocenters. The maximum Gasteiger partial charge on any atom is 0.289 e. The summed E-state index contributed by atoms with van der Waals surface area (Å²) in [6.45, 7) is 4.76. The van der Waals surface area contributed by atoms with Gasteiger partial charge in [-0.15, -0.1) is 0 Å². The van der Waals surface area contributed by atoms with Crippen molar-refractivity contribution in [1.29, 1.82) is 0 Å². The van der Waals surface area contributed by atoms with Gasteiger partial charge in [-0.2, -0.15) is 0 Å². The van der Waals surface area contributed by atoms with E-state index in [1.165, 1.54) is 5.56 Å². The summed E-state index contributed by atoms with van der Waals surface area (Å²) in [5, 5.41) is 0.733. The lowest BCUT2D eigenvalue weighted by molar-refractivity contribution is 0.0710. The Kier molecular flexibility index (Phi) is 8.31. The number of nitrogens with zero attached hydrogens (tertiary/aromatic N) is 3. The lowest BCUT2D eigenvalue weighted by Gasteiger charge is -2.36. The highest BCUT2D eigenvalue weighted by Crippen LogP contribution is 2.26. The summed E-state index contributed by atoms with van der Waals surface area (Å²) in [4.78, 5) is 19.6. The van der Waals surface area contributed by atoms with Crippen molar-refractivity contribution in [2.24, 2.45) is 0 Å². The molecule has 1 aliphatic heterocycles. The van der Waals surface area contributed by atoms with E-state index in [0.29, 0.717) is 25.4 Å². The minimum Gasteiger partial charge on any atom is -0.497 e. The van der Waals surface area contributed by atoms with E-state index in [1.807, 2.05) is 65.6 Å². The Morgan fingerprint density at radius 1 is 0.842 bits per heavy atom. The molecule has 1 amide bonds. The second kappa shape index (κ2) is 12.2. The number of halogens is 1. The Hall–Kier alpha value is -3.74. The zero-order valence-corrected chi connectivity index (χ0v) is 22.3. The molecule has 2 heterocycles. The van der Waals surface area contributed by atoms with Crippen LogP contribution in [-0.4, -0.2) is 49.0 Å². The van der Waals surface area contributed by atoms with E-state index in [1.54, 1.807) is 13.2 Å². The van der Waals surface area contributed by atoms with Crippen molar-refractivity contribution in [3.8, 4) is 5.75 Å². The van der Waals surface area contributed by atoms with Crippen LogP contribution >= 0.6 is 11.6 Å². The first-order valence-electron chi connectivity index (χ1n) is 12.9. The molecule has 0 aliphatic carbocycles. The molecule has 6 nitrogen and oxygen atoms in total. The van der Waals surface area contributed by atoms with Crippen molar-refractivity contribution in [2.75, 3.05) is 38.2 Å². The topological polar surface area (TPSA) is 49.2 Å². The van der Waals surface area contributed by atoms with Crippen LogP contribution in [-0.2, 0) is 19.6 Å². The fraction of sp³-hybridized carbons (Fsp3) is 0.258. The molecule has 0 spiro atoms. The number of anilines is 1. The highest BCUT2D eigenvalue weighted by molar-refractivity contribution is 6.33. The molecule has 4 aromatic rings. The third kappa shape index (κ3) is 6.39. The van der Waals surface area contributed by atoms with Crippen LogP contribution in [0.25, 0.3) is 0 Å². The van der Waals surface area contributed by atoms with Crippen molar-refractivity contribution >= 4 is 23.2 Å². The normalized spacial score (nSPS) is 13.7. The quantitative estimate of drug-likeness (QED) is 0.262. The average molecular weight is 530 g/mol. The molecule has 1 fully saturated rings. The van der Waals surface area contributed by atoms with E-state index in [-0.39, 0.29) is 5.91 Å². The van der Waals surface area contributed by atoms with Gasteiger partial charge in [-0.3, -0.25) is 9.69 Å². The molecule has 0 radical (unpaired) electrons. The summed E-state index contributed by atoms with van der Waals surface area (Å²) >= 11 is 6.37. The predicted octanol–water partition coefficient (Wildman–Crippen LogP) is 6.11. The molecule has 0 bridgehead atoms. The molecule has 3 aromatic carbocycles. The van der Waals surface area contributed by atoms with Gasteiger partial charge in [-0.1, -0.05) is 66.2 Å². The van der Waals surface area contributed by atoms with E-state index in [4.69, 9.17) is 20.8 Å². The van der Waals surface area contributed by atoms with Gasteiger partial charge in [0.1, 0.15) is 11.5 Å². The SMILES string of the molecule is COc1cccc(CN(Cc2ccccc2)Cc2ccc(C(=O)N3CCN(c4ccccc4Cl)CC3)o2)c1. The van der Waals surface area contributed by atoms with Gasteiger partial charge in [0, 0.05) is 39.3 Å². The number of benzene rings is 3. The van der Waals surface area contributed by atoms with Crippen molar-refractivity contribution in [1.82, 2.24) is 9.80 Å². The van der Waals surface area contributed by atoms with Crippen LogP contribution in [0.3, 0.4) is 0 Å². The Bertz CT molecular complexity index is 1350. The maximum atomic E-state index is 13.2. The maximum absolute atomic E-state index is 13.2. The lowest BCUT2D eigenvalue weighted by atomic mass is 10.1. The number of amides is 1. The number of hydrogen-bond donors (Lipinski definition) is 0. The van der Waals surface area contributed by atoms with Crippen molar-refractivity contribution < 1.29 is 13.9 Å². The van der Waals surface area contributed by atoms with E-state index in [0.717, 1.165) is 54.0 Å². The molecular formula is C31H32ClN3O3. The number of methoxy groups -OCH3 is 1. The van der Waals surface area contributed by atoms with Gasteiger partial charge in [0.05, 0.1) is 24.4 Å². The number of furan rings is 1. The van der Waals surface area contributed by atoms with Crippen LogP contribution in [0.15, 0.2) is 95.4 Å². The molecule has 0 atom stereocenters. The van der Waals surface area contributed by atoms with Crippen LogP contribution in [0.1, 0.15) is 27.4 Å². The molecule has 1 aromatic heterocycles. The highest BCUT2D eigenvalue weighted by Gasteiger charge is 2.25. The van der Waals surface area contributed by atoms with Gasteiger partial charge in [0.15, 0.2) is 5.76 Å². The van der Waals surface area contributed by atoms with Crippen LogP contribution in [0.4, 0.5) is 5.69 Å². The molecule has 38 heavy (non-hydrogen) atoms. The van der Waals surface area contributed by atoms with Crippen molar-refractivity contribution in [3.05, 3.63) is 119 Å². The Morgan fingerprint density at radius 3 is 2.32 bits per heavy atom. The van der Waals surface area contributed by atoms with E-state index in [2.05, 4.69) is 34.1 Å². The Morgan fingerprint density at radius 2 is 1.55 bits per heavy atom. The van der Waals surface area contributed by atoms with Gasteiger partial charge < -0.3 is 19.0 Å². The number of hydrogen-bond acceptors (Lipinski definition) is 5. The Labute approximate surface area is 229 Å². The molecule has 196 valence electrons. The zero-order chi connectivity index (χ0) is 26.3. The standard InChI is InChI=1S/C31H32ClN3O3/c1-37-26-11-7-10-25(20-26)22-33(21-24-8-3-2-4-9-24)23-27-14-15-30(38-27)31(36)35-18-16-34(17-19-35)29-13-6-5-12-28(29)32/h2-15,20H,16-19,21-23H2,1H3. The van der Waals surface area contributed by atoms with Gasteiger partial charge >= 0.3 is 0 Å². The summed E-state index contributed by atoms with van der Waals surface area (Å²) in [5.41, 5.74) is 3.38. The Balaban J connectivity index is 1.24. The van der Waals surface area contributed by atoms with E-state index >= 15 is 0 Å². The second-order valence-electron chi connectivity index (χ2n) is 9.48. The zero-order valence-electron chi connectivity index (χ0n) is 21.6. The molecule has 5 rings (SSSR count). The minimum atomic E-state index is -0.0718. The van der Waals surface area contributed by atoms with Gasteiger partial charge in [-0.25, -0.2) is 0 Å². The predicted molar refractivity (Wildman–Crippen MR) is 151 cm³/mol. The van der Waals surface area contributed by atoms with Crippen LogP contribution in [0, 0.1) is 0 Å². The highest BCUT2D eigenvalue weighted by atomic mass is 35.5. The fourth-order valence-electron chi connectivity index (χ4n) is 4.85. The number of ether oxygens (including phenoxy) is 1. The van der Waals surface area contributed by atoms with Gasteiger partial charge in [-0.05, 0) is 47.5 Å². The fourth-order valence-corrected chi connectivity index (χ4v) is 5.11. The summed E-state index contributed by atoms with van der Waals surface area (Å²) < 4.78 is 11.5. The molecular weight excluding hydrogens is 498 g/mol. The second-order valence-corrected chi connectivity index (χ2v) is 9.89. The third-order valence-electron chi connectivity index (χ3n) is 6.80. The summed E-state index contributed by atoms with van der Waals surface area (Å²) in [5.74, 6) is 1.91. The van der Waals surface area contributed by atoms with Gasteiger partial charge in [0.25, 0.3) is 5.91 Å². The van der Waals surface area contributed by atoms with Gasteiger partial charge in [0.2, 0.25) is 0 Å². The summed E-state index contributed by atoms with van der Waals surface area (Å²) in [6.07, 6.45) is 0. The average Bonchev–Trinajstić information content (AvgIpc) is 3.42. The first kappa shape index (κ1) is 25.9. The number of rotatable bonds is 9. The lowest BCUT2D eigenvalue weighted by Crippen LogP contribution is -2.48. The molecule has 0 saturated carbocycles. The molecule has 7 heteroatoms. The number of carbonyl (C=O) groups excluding carboxylic acids is 1. The van der Waals surface area contributed by atoms with Crippen LogP contribution < -0.4 is 9.64 Å².